The predicted molar refractivity (Wildman–Crippen MR) is 93.3 cm³/mol. The Balaban J connectivity index is 2.65. The lowest BCUT2D eigenvalue weighted by atomic mass is 10.2. The Kier molecular flexibility index (Phi) is 7.66. The van der Waals surface area contributed by atoms with Gasteiger partial charge in [0.15, 0.2) is 0 Å². The van der Waals surface area contributed by atoms with Crippen LogP contribution < -0.4 is 5.32 Å². The van der Waals surface area contributed by atoms with E-state index in [4.69, 9.17) is 9.47 Å². The van der Waals surface area contributed by atoms with Gasteiger partial charge in [-0.05, 0) is 27.2 Å². The highest BCUT2D eigenvalue weighted by molar-refractivity contribution is 7.84. The van der Waals surface area contributed by atoms with Gasteiger partial charge in [-0.2, -0.15) is 0 Å². The van der Waals surface area contributed by atoms with Crippen LogP contribution in [0.1, 0.15) is 40.5 Å². The summed E-state index contributed by atoms with van der Waals surface area (Å²) in [6, 6.07) is -0.604. The Labute approximate surface area is 146 Å². The number of hydrogen-bond donors (Lipinski definition) is 1. The van der Waals surface area contributed by atoms with Gasteiger partial charge in [-0.15, -0.1) is 0 Å². The van der Waals surface area contributed by atoms with Gasteiger partial charge in [0.05, 0.1) is 12.6 Å². The molecule has 8 heteroatoms. The minimum atomic E-state index is -0.916. The molecule has 0 radical (unpaired) electrons. The summed E-state index contributed by atoms with van der Waals surface area (Å²) in [5.41, 5.74) is -0.621. The van der Waals surface area contributed by atoms with E-state index in [2.05, 4.69) is 5.32 Å². The largest absolute Gasteiger partial charge is 0.444 e. The van der Waals surface area contributed by atoms with E-state index in [9.17, 15) is 13.8 Å². The lowest BCUT2D eigenvalue weighted by Crippen LogP contribution is -2.48. The molecule has 4 atom stereocenters. The molecule has 0 saturated carbocycles. The van der Waals surface area contributed by atoms with Gasteiger partial charge >= 0.3 is 6.09 Å². The zero-order valence-electron chi connectivity index (χ0n) is 15.5. The number of methoxy groups -OCH3 is 1. The van der Waals surface area contributed by atoms with Crippen LogP contribution in [0.4, 0.5) is 4.79 Å². The molecule has 1 aliphatic heterocycles. The van der Waals surface area contributed by atoms with E-state index in [0.717, 1.165) is 0 Å². The maximum absolute atomic E-state index is 12.4. The average Bonchev–Trinajstić information content (AvgIpc) is 2.89. The van der Waals surface area contributed by atoms with Gasteiger partial charge in [-0.25, -0.2) is 4.79 Å². The molecular weight excluding hydrogens is 332 g/mol. The van der Waals surface area contributed by atoms with Gasteiger partial charge in [0.25, 0.3) is 0 Å². The van der Waals surface area contributed by atoms with E-state index in [1.54, 1.807) is 34.1 Å². The molecule has 0 bridgehead atoms. The summed E-state index contributed by atoms with van der Waals surface area (Å²) in [6.45, 7) is 8.00. The maximum Gasteiger partial charge on any atom is 0.411 e. The van der Waals surface area contributed by atoms with Crippen LogP contribution in [0, 0.1) is 0 Å². The fourth-order valence-corrected chi connectivity index (χ4v) is 2.87. The summed E-state index contributed by atoms with van der Waals surface area (Å²) < 4.78 is 22.0. The molecule has 2 amide bonds. The highest BCUT2D eigenvalue weighted by Crippen LogP contribution is 2.23. The number of rotatable bonds is 6. The third-order valence-electron chi connectivity index (χ3n) is 3.94. The summed E-state index contributed by atoms with van der Waals surface area (Å²) >= 11 is 0. The van der Waals surface area contributed by atoms with Crippen LogP contribution in [0.2, 0.25) is 0 Å². The average molecular weight is 362 g/mol. The van der Waals surface area contributed by atoms with E-state index < -0.39 is 28.5 Å². The number of likely N-dealkylation sites (tertiary alicyclic amines) is 1. The molecule has 1 rings (SSSR count). The number of amides is 2. The summed E-state index contributed by atoms with van der Waals surface area (Å²) in [7, 11) is 0.650. The molecule has 0 spiro atoms. The first-order valence-electron chi connectivity index (χ1n) is 8.17. The summed E-state index contributed by atoms with van der Waals surface area (Å²) in [4.78, 5) is 26.2. The van der Waals surface area contributed by atoms with Crippen LogP contribution in [-0.2, 0) is 25.1 Å². The van der Waals surface area contributed by atoms with Crippen LogP contribution >= 0.6 is 0 Å². The third kappa shape index (κ3) is 6.39. The minimum Gasteiger partial charge on any atom is -0.444 e. The lowest BCUT2D eigenvalue weighted by molar-refractivity contribution is -0.125. The van der Waals surface area contributed by atoms with Crippen LogP contribution in [0.3, 0.4) is 0 Å². The number of nitrogens with zero attached hydrogens (tertiary/aromatic N) is 1. The second-order valence-electron chi connectivity index (χ2n) is 7.13. The molecule has 1 heterocycles. The van der Waals surface area contributed by atoms with Gasteiger partial charge in [0.1, 0.15) is 11.6 Å². The minimum absolute atomic E-state index is 0.0163. The number of nitrogens with one attached hydrogen (secondary N) is 1. The Morgan fingerprint density at radius 3 is 2.50 bits per heavy atom. The van der Waals surface area contributed by atoms with Crippen molar-refractivity contribution >= 4 is 22.8 Å². The number of carbonyl (C=O) groups is 2. The molecule has 1 aliphatic rings. The standard InChI is InChI=1S/C16H30N2O5S/c1-11(24(6)21)7-8-17-14(19)13-9-12(22-5)10-18(13)15(20)23-16(2,3)4/h11-13H,7-10H2,1-6H3,(H,17,19)/t11-,12+,13-,24+/m1/s1. The summed E-state index contributed by atoms with van der Waals surface area (Å²) in [6.07, 6.45) is 2.02. The van der Waals surface area contributed by atoms with Crippen LogP contribution in [0.15, 0.2) is 0 Å². The molecule has 0 aromatic carbocycles. The molecule has 140 valence electrons. The van der Waals surface area contributed by atoms with Crippen molar-refractivity contribution < 1.29 is 23.3 Å². The van der Waals surface area contributed by atoms with Gasteiger partial charge in [-0.1, -0.05) is 6.92 Å². The van der Waals surface area contributed by atoms with E-state index in [1.165, 1.54) is 4.90 Å². The highest BCUT2D eigenvalue weighted by Gasteiger charge is 2.41. The molecule has 1 saturated heterocycles. The smallest absolute Gasteiger partial charge is 0.411 e. The fraction of sp³-hybridized carbons (Fsp3) is 0.875. The molecule has 24 heavy (non-hydrogen) atoms. The van der Waals surface area contributed by atoms with Crippen molar-refractivity contribution in [3.8, 4) is 0 Å². The molecule has 0 unspecified atom stereocenters. The quantitative estimate of drug-likeness (QED) is 0.769. The SMILES string of the molecule is CO[C@H]1C[C@H](C(=O)NCC[C@@H](C)[S@](C)=O)N(C(=O)OC(C)(C)C)C1. The number of hydrogen-bond acceptors (Lipinski definition) is 5. The topological polar surface area (TPSA) is 84.9 Å². The molecule has 0 aliphatic carbocycles. The van der Waals surface area contributed by atoms with Crippen molar-refractivity contribution in [3.63, 3.8) is 0 Å². The van der Waals surface area contributed by atoms with Crippen molar-refractivity contribution in [2.75, 3.05) is 26.5 Å². The van der Waals surface area contributed by atoms with Gasteiger partial charge in [0, 0.05) is 42.4 Å². The van der Waals surface area contributed by atoms with Crippen molar-refractivity contribution in [1.29, 1.82) is 0 Å². The fourth-order valence-electron chi connectivity index (χ4n) is 2.42. The first kappa shape index (κ1) is 20.9. The lowest BCUT2D eigenvalue weighted by Gasteiger charge is -2.28. The van der Waals surface area contributed by atoms with Crippen LogP contribution in [0.25, 0.3) is 0 Å². The first-order valence-corrected chi connectivity index (χ1v) is 9.79. The molecular formula is C16H30N2O5S. The van der Waals surface area contributed by atoms with E-state index in [-0.39, 0.29) is 17.3 Å². The van der Waals surface area contributed by atoms with Crippen molar-refractivity contribution in [1.82, 2.24) is 10.2 Å². The second kappa shape index (κ2) is 8.80. The zero-order chi connectivity index (χ0) is 18.5. The Hall–Kier alpha value is -1.15. The second-order valence-corrected chi connectivity index (χ2v) is 8.93. The van der Waals surface area contributed by atoms with Gasteiger partial charge < -0.3 is 14.8 Å². The normalized spacial score (nSPS) is 23.7. The van der Waals surface area contributed by atoms with Gasteiger partial charge in [0.2, 0.25) is 5.91 Å². The molecule has 7 nitrogen and oxygen atoms in total. The molecule has 0 aromatic heterocycles. The Bertz CT molecular complexity index is 478. The maximum atomic E-state index is 12.4. The van der Waals surface area contributed by atoms with E-state index >= 15 is 0 Å². The highest BCUT2D eigenvalue weighted by atomic mass is 32.2. The van der Waals surface area contributed by atoms with Crippen molar-refractivity contribution in [2.45, 2.75) is 63.5 Å². The number of ether oxygens (including phenoxy) is 2. The summed E-state index contributed by atoms with van der Waals surface area (Å²) in [5, 5.41) is 2.84. The zero-order valence-corrected chi connectivity index (χ0v) is 16.3. The third-order valence-corrected chi connectivity index (χ3v) is 5.31. The molecule has 1 N–H and O–H groups in total. The molecule has 0 aromatic rings. The van der Waals surface area contributed by atoms with E-state index in [1.807, 2.05) is 6.92 Å². The number of carbonyl (C=O) groups excluding carboxylic acids is 2. The van der Waals surface area contributed by atoms with Crippen LogP contribution in [-0.4, -0.2) is 70.6 Å². The van der Waals surface area contributed by atoms with Crippen molar-refractivity contribution in [2.24, 2.45) is 0 Å². The first-order chi connectivity index (χ1) is 11.0. The monoisotopic (exact) mass is 362 g/mol. The van der Waals surface area contributed by atoms with Gasteiger partial charge in [-0.3, -0.25) is 13.9 Å². The molecule has 1 fully saturated rings. The summed E-state index contributed by atoms with van der Waals surface area (Å²) in [5.74, 6) is -0.227. The Morgan fingerprint density at radius 2 is 2.00 bits per heavy atom. The van der Waals surface area contributed by atoms with Crippen molar-refractivity contribution in [3.05, 3.63) is 0 Å². The van der Waals surface area contributed by atoms with E-state index in [0.29, 0.717) is 25.9 Å². The predicted octanol–water partition coefficient (Wildman–Crippen LogP) is 1.28. The Morgan fingerprint density at radius 1 is 1.38 bits per heavy atom. The van der Waals surface area contributed by atoms with Crippen LogP contribution in [0.5, 0.6) is 0 Å².